The molecule has 0 saturated heterocycles. The summed E-state index contributed by atoms with van der Waals surface area (Å²) in [6.07, 6.45) is 6.66. The van der Waals surface area contributed by atoms with Gasteiger partial charge in [0.05, 0.1) is 10.9 Å². The van der Waals surface area contributed by atoms with Crippen LogP contribution in [0, 0.1) is 6.92 Å². The Bertz CT molecular complexity index is 771. The highest BCUT2D eigenvalue weighted by Crippen LogP contribution is 2.46. The van der Waals surface area contributed by atoms with E-state index in [4.69, 9.17) is 0 Å². The van der Waals surface area contributed by atoms with Crippen molar-refractivity contribution in [2.24, 2.45) is 0 Å². The monoisotopic (exact) mass is 294 g/mol. The first-order valence-electron chi connectivity index (χ1n) is 6.89. The summed E-state index contributed by atoms with van der Waals surface area (Å²) >= 11 is 1.88. The van der Waals surface area contributed by atoms with Gasteiger partial charge in [-0.3, -0.25) is 4.98 Å². The van der Waals surface area contributed by atoms with Gasteiger partial charge in [0.1, 0.15) is 0 Å². The summed E-state index contributed by atoms with van der Waals surface area (Å²) < 4.78 is 1.95. The first-order valence-corrected chi connectivity index (χ1v) is 7.77. The predicted molar refractivity (Wildman–Crippen MR) is 82.6 cm³/mol. The summed E-state index contributed by atoms with van der Waals surface area (Å²) in [4.78, 5) is 10.1. The molecular weight excluding hydrogens is 280 g/mol. The summed E-state index contributed by atoms with van der Waals surface area (Å²) in [5.74, 6) is 0.879. The third-order valence-corrected chi connectivity index (χ3v) is 4.97. The Hall–Kier alpha value is -2.14. The number of thioether (sulfide) groups is 1. The van der Waals surface area contributed by atoms with Crippen molar-refractivity contribution in [2.75, 3.05) is 0 Å². The second kappa shape index (κ2) is 5.00. The van der Waals surface area contributed by atoms with Gasteiger partial charge in [-0.25, -0.2) is 9.67 Å². The lowest BCUT2D eigenvalue weighted by Gasteiger charge is -2.12. The Kier molecular flexibility index (Phi) is 3.00. The van der Waals surface area contributed by atoms with Crippen LogP contribution in [-0.4, -0.2) is 19.7 Å². The number of nitrogens with zero attached hydrogens (tertiary/aromatic N) is 4. The highest BCUT2D eigenvalue weighted by atomic mass is 32.2. The number of hydrogen-bond acceptors (Lipinski definition) is 4. The molecule has 4 nitrogen and oxygen atoms in total. The summed E-state index contributed by atoms with van der Waals surface area (Å²) in [6, 6.07) is 10.2. The van der Waals surface area contributed by atoms with Crippen LogP contribution in [0.25, 0.3) is 5.82 Å². The Morgan fingerprint density at radius 2 is 2.14 bits per heavy atom. The smallest absolute Gasteiger partial charge is 0.153 e. The lowest BCUT2D eigenvalue weighted by Crippen LogP contribution is -2.07. The Labute approximate surface area is 127 Å². The van der Waals surface area contributed by atoms with Gasteiger partial charge in [0.15, 0.2) is 5.82 Å². The zero-order valence-corrected chi connectivity index (χ0v) is 12.4. The summed E-state index contributed by atoms with van der Waals surface area (Å²) in [5, 5.41) is 4.83. The molecule has 1 aliphatic heterocycles. The van der Waals surface area contributed by atoms with Crippen molar-refractivity contribution >= 4 is 11.8 Å². The highest BCUT2D eigenvalue weighted by Gasteiger charge is 2.26. The minimum absolute atomic E-state index is 0.369. The molecule has 0 radical (unpaired) electrons. The fourth-order valence-corrected chi connectivity index (χ4v) is 3.93. The number of pyridine rings is 2. The molecule has 5 heteroatoms. The number of fused-ring (bicyclic) bond motifs is 1. The molecule has 0 spiro atoms. The van der Waals surface area contributed by atoms with E-state index in [0.717, 1.165) is 17.9 Å². The van der Waals surface area contributed by atoms with E-state index in [-0.39, 0.29) is 0 Å². The van der Waals surface area contributed by atoms with Crippen LogP contribution in [0.2, 0.25) is 0 Å². The minimum Gasteiger partial charge on any atom is -0.264 e. The zero-order chi connectivity index (χ0) is 14.2. The van der Waals surface area contributed by atoms with Crippen molar-refractivity contribution in [3.05, 3.63) is 65.9 Å². The second-order valence-corrected chi connectivity index (χ2v) is 6.34. The van der Waals surface area contributed by atoms with E-state index in [1.807, 2.05) is 60.2 Å². The third-order valence-electron chi connectivity index (χ3n) is 3.63. The number of rotatable bonds is 2. The average molecular weight is 294 g/mol. The standard InChI is InChI=1S/C16H14N4S/c1-11-3-2-4-16(19-11)20-13(5-8-18-20)15-9-12-10-17-7-6-14(12)21-15/h2-8,10,15H,9H2,1H3. The van der Waals surface area contributed by atoms with E-state index in [1.54, 1.807) is 0 Å². The molecule has 4 heterocycles. The van der Waals surface area contributed by atoms with Gasteiger partial charge >= 0.3 is 0 Å². The van der Waals surface area contributed by atoms with Gasteiger partial charge < -0.3 is 0 Å². The summed E-state index contributed by atoms with van der Waals surface area (Å²) in [5.41, 5.74) is 3.51. The Morgan fingerprint density at radius 3 is 3.00 bits per heavy atom. The molecule has 3 aromatic rings. The lowest BCUT2D eigenvalue weighted by molar-refractivity contribution is 0.759. The van der Waals surface area contributed by atoms with E-state index in [9.17, 15) is 0 Å². The van der Waals surface area contributed by atoms with Crippen molar-refractivity contribution in [1.29, 1.82) is 0 Å². The zero-order valence-electron chi connectivity index (χ0n) is 11.6. The summed E-state index contributed by atoms with van der Waals surface area (Å²) in [7, 11) is 0. The molecule has 0 N–H and O–H groups in total. The highest BCUT2D eigenvalue weighted by molar-refractivity contribution is 7.99. The number of aromatic nitrogens is 4. The molecule has 0 aliphatic carbocycles. The quantitative estimate of drug-likeness (QED) is 0.727. The van der Waals surface area contributed by atoms with Gasteiger partial charge in [-0.05, 0) is 43.2 Å². The number of aryl methyl sites for hydroxylation is 1. The third kappa shape index (κ3) is 2.23. The van der Waals surface area contributed by atoms with E-state index in [1.165, 1.54) is 16.2 Å². The van der Waals surface area contributed by atoms with Gasteiger partial charge in [-0.1, -0.05) is 6.07 Å². The Balaban J connectivity index is 1.71. The molecule has 0 amide bonds. The van der Waals surface area contributed by atoms with E-state index in [0.29, 0.717) is 5.25 Å². The first kappa shape index (κ1) is 12.6. The molecule has 4 rings (SSSR count). The van der Waals surface area contributed by atoms with E-state index in [2.05, 4.69) is 27.2 Å². The van der Waals surface area contributed by atoms with Crippen LogP contribution in [0.4, 0.5) is 0 Å². The molecule has 0 bridgehead atoms. The minimum atomic E-state index is 0.369. The normalized spacial score (nSPS) is 16.9. The van der Waals surface area contributed by atoms with E-state index < -0.39 is 0 Å². The van der Waals surface area contributed by atoms with Crippen LogP contribution in [0.5, 0.6) is 0 Å². The number of hydrogen-bond donors (Lipinski definition) is 0. The maximum absolute atomic E-state index is 4.58. The van der Waals surface area contributed by atoms with Gasteiger partial charge in [-0.2, -0.15) is 5.10 Å². The van der Waals surface area contributed by atoms with Crippen LogP contribution in [-0.2, 0) is 6.42 Å². The fraction of sp³-hybridized carbons (Fsp3) is 0.188. The largest absolute Gasteiger partial charge is 0.264 e. The van der Waals surface area contributed by atoms with Crippen molar-refractivity contribution in [3.8, 4) is 5.82 Å². The molecule has 1 atom stereocenters. The predicted octanol–water partition coefficient (Wildman–Crippen LogP) is 3.36. The fourth-order valence-electron chi connectivity index (χ4n) is 2.64. The van der Waals surface area contributed by atoms with Crippen LogP contribution in [0.3, 0.4) is 0 Å². The molecule has 0 fully saturated rings. The van der Waals surface area contributed by atoms with Gasteiger partial charge in [-0.15, -0.1) is 11.8 Å². The van der Waals surface area contributed by atoms with Gasteiger partial charge in [0.25, 0.3) is 0 Å². The van der Waals surface area contributed by atoms with Crippen molar-refractivity contribution < 1.29 is 0 Å². The molecular formula is C16H14N4S. The maximum atomic E-state index is 4.58. The van der Waals surface area contributed by atoms with E-state index >= 15 is 0 Å². The molecule has 1 unspecified atom stereocenters. The molecule has 0 saturated carbocycles. The molecule has 0 aromatic carbocycles. The molecule has 104 valence electrons. The lowest BCUT2D eigenvalue weighted by atomic mass is 10.1. The topological polar surface area (TPSA) is 43.6 Å². The van der Waals surface area contributed by atoms with Crippen molar-refractivity contribution in [3.63, 3.8) is 0 Å². The second-order valence-electron chi connectivity index (χ2n) is 5.10. The average Bonchev–Trinajstić information content (AvgIpc) is 3.13. The summed E-state index contributed by atoms with van der Waals surface area (Å²) in [6.45, 7) is 2.00. The van der Waals surface area contributed by atoms with Crippen molar-refractivity contribution in [1.82, 2.24) is 19.7 Å². The first-order chi connectivity index (χ1) is 10.3. The maximum Gasteiger partial charge on any atom is 0.153 e. The van der Waals surface area contributed by atoms with Crippen LogP contribution in [0.15, 0.2) is 53.8 Å². The van der Waals surface area contributed by atoms with Crippen LogP contribution < -0.4 is 0 Å². The molecule has 1 aliphatic rings. The van der Waals surface area contributed by atoms with Crippen molar-refractivity contribution in [2.45, 2.75) is 23.5 Å². The van der Waals surface area contributed by atoms with Gasteiger partial charge in [0, 0.05) is 29.2 Å². The Morgan fingerprint density at radius 1 is 1.19 bits per heavy atom. The van der Waals surface area contributed by atoms with Crippen LogP contribution >= 0.6 is 11.8 Å². The molecule has 3 aromatic heterocycles. The SMILES string of the molecule is Cc1cccc(-n2nccc2C2Cc3cnccc3S2)n1. The molecule has 21 heavy (non-hydrogen) atoms. The van der Waals surface area contributed by atoms with Crippen LogP contribution in [0.1, 0.15) is 22.2 Å². The van der Waals surface area contributed by atoms with Gasteiger partial charge in [0.2, 0.25) is 0 Å².